The van der Waals surface area contributed by atoms with Crippen molar-refractivity contribution in [2.75, 3.05) is 11.9 Å². The van der Waals surface area contributed by atoms with Crippen LogP contribution in [0, 0.1) is 11.3 Å². The topological polar surface area (TPSA) is 74.5 Å². The van der Waals surface area contributed by atoms with Gasteiger partial charge in [-0.2, -0.15) is 5.26 Å². The van der Waals surface area contributed by atoms with E-state index in [4.69, 9.17) is 5.26 Å². The molecule has 86 valence electrons. The monoisotopic (exact) mass is 245 g/mol. The van der Waals surface area contributed by atoms with E-state index in [1.807, 2.05) is 0 Å². The van der Waals surface area contributed by atoms with Crippen molar-refractivity contribution in [3.05, 3.63) is 24.0 Å². The van der Waals surface area contributed by atoms with E-state index >= 15 is 0 Å². The molecule has 0 atom stereocenters. The quantitative estimate of drug-likeness (QED) is 0.894. The molecule has 0 spiro atoms. The molecule has 0 amide bonds. The number of anilines is 1. The zero-order valence-electron chi connectivity index (χ0n) is 9.34. The average molecular weight is 245 g/mol. The highest BCUT2D eigenvalue weighted by molar-refractivity contribution is 7.18. The summed E-state index contributed by atoms with van der Waals surface area (Å²) in [6.45, 7) is 2.97. The number of nitrogens with zero attached hydrogens (tertiary/aromatic N) is 4. The van der Waals surface area contributed by atoms with Crippen LogP contribution in [0.1, 0.15) is 18.9 Å². The number of nitrogens with one attached hydrogen (secondary N) is 1. The number of hydrogen-bond donors (Lipinski definition) is 1. The third-order valence-electron chi connectivity index (χ3n) is 2.07. The number of nitriles is 1. The Bertz CT molecular complexity index is 543. The van der Waals surface area contributed by atoms with Crippen LogP contribution in [-0.4, -0.2) is 21.7 Å². The van der Waals surface area contributed by atoms with E-state index in [0.717, 1.165) is 28.7 Å². The lowest BCUT2D eigenvalue weighted by atomic mass is 10.2. The van der Waals surface area contributed by atoms with Crippen molar-refractivity contribution >= 4 is 16.5 Å². The summed E-state index contributed by atoms with van der Waals surface area (Å²) in [4.78, 5) is 4.00. The van der Waals surface area contributed by atoms with Crippen molar-refractivity contribution in [1.29, 1.82) is 5.26 Å². The lowest BCUT2D eigenvalue weighted by Crippen LogP contribution is -1.98. The molecule has 0 aliphatic heterocycles. The summed E-state index contributed by atoms with van der Waals surface area (Å²) in [5.74, 6) is 0. The summed E-state index contributed by atoms with van der Waals surface area (Å²) in [6.07, 6.45) is 4.26. The fourth-order valence-electron chi connectivity index (χ4n) is 1.26. The number of aromatic nitrogens is 3. The van der Waals surface area contributed by atoms with Gasteiger partial charge < -0.3 is 5.32 Å². The molecule has 0 unspecified atom stereocenters. The second kappa shape index (κ2) is 5.37. The smallest absolute Gasteiger partial charge is 0.206 e. The van der Waals surface area contributed by atoms with Crippen LogP contribution in [-0.2, 0) is 0 Å². The third kappa shape index (κ3) is 2.77. The van der Waals surface area contributed by atoms with Crippen LogP contribution >= 0.6 is 11.3 Å². The zero-order valence-corrected chi connectivity index (χ0v) is 10.2. The van der Waals surface area contributed by atoms with Crippen LogP contribution in [0.2, 0.25) is 0 Å². The summed E-state index contributed by atoms with van der Waals surface area (Å²) in [5.41, 5.74) is 1.35. The van der Waals surface area contributed by atoms with Crippen LogP contribution in [0.4, 0.5) is 5.13 Å². The Labute approximate surface area is 103 Å². The third-order valence-corrected chi connectivity index (χ3v) is 3.00. The fraction of sp³-hybridized carbons (Fsp3) is 0.273. The summed E-state index contributed by atoms with van der Waals surface area (Å²) in [6, 6.07) is 3.82. The number of rotatable bonds is 4. The van der Waals surface area contributed by atoms with E-state index in [-0.39, 0.29) is 0 Å². The van der Waals surface area contributed by atoms with Gasteiger partial charge in [0.05, 0.1) is 5.56 Å². The van der Waals surface area contributed by atoms with Gasteiger partial charge in [0.2, 0.25) is 5.13 Å². The van der Waals surface area contributed by atoms with Gasteiger partial charge in [-0.15, -0.1) is 10.2 Å². The molecule has 0 aromatic carbocycles. The molecule has 0 radical (unpaired) electrons. The maximum atomic E-state index is 8.80. The second-order valence-electron chi connectivity index (χ2n) is 3.41. The maximum Gasteiger partial charge on any atom is 0.206 e. The van der Waals surface area contributed by atoms with Crippen molar-refractivity contribution in [1.82, 2.24) is 15.2 Å². The lowest BCUT2D eigenvalue weighted by molar-refractivity contribution is 0.964. The summed E-state index contributed by atoms with van der Waals surface area (Å²) >= 11 is 1.46. The molecule has 0 saturated heterocycles. The predicted molar refractivity (Wildman–Crippen MR) is 66.6 cm³/mol. The minimum atomic E-state index is 0.528. The first-order valence-corrected chi connectivity index (χ1v) is 6.08. The van der Waals surface area contributed by atoms with Crippen LogP contribution in [0.25, 0.3) is 10.6 Å². The van der Waals surface area contributed by atoms with E-state index in [9.17, 15) is 0 Å². The van der Waals surface area contributed by atoms with Crippen LogP contribution in [0.3, 0.4) is 0 Å². The highest BCUT2D eigenvalue weighted by Crippen LogP contribution is 2.25. The first-order chi connectivity index (χ1) is 8.33. The molecule has 2 rings (SSSR count). The maximum absolute atomic E-state index is 8.80. The highest BCUT2D eigenvalue weighted by Gasteiger charge is 2.07. The average Bonchev–Trinajstić information content (AvgIpc) is 2.85. The van der Waals surface area contributed by atoms with Gasteiger partial charge in [-0.25, -0.2) is 0 Å². The SMILES string of the molecule is CCCNc1nnc(-c2cncc(C#N)c2)s1. The van der Waals surface area contributed by atoms with E-state index in [2.05, 4.69) is 33.5 Å². The van der Waals surface area contributed by atoms with Gasteiger partial charge in [-0.3, -0.25) is 4.98 Å². The summed E-state index contributed by atoms with van der Waals surface area (Å²) in [5, 5.41) is 21.6. The van der Waals surface area contributed by atoms with Gasteiger partial charge in [0.15, 0.2) is 5.01 Å². The van der Waals surface area contributed by atoms with Crippen LogP contribution in [0.5, 0.6) is 0 Å². The Morgan fingerprint density at radius 3 is 3.06 bits per heavy atom. The molecule has 0 bridgehead atoms. The first kappa shape index (κ1) is 11.5. The molecule has 1 N–H and O–H groups in total. The van der Waals surface area contributed by atoms with Gasteiger partial charge in [0, 0.05) is 24.5 Å². The Kier molecular flexibility index (Phi) is 3.62. The first-order valence-electron chi connectivity index (χ1n) is 5.26. The van der Waals surface area contributed by atoms with Gasteiger partial charge >= 0.3 is 0 Å². The fourth-order valence-corrected chi connectivity index (χ4v) is 2.01. The van der Waals surface area contributed by atoms with Crippen molar-refractivity contribution in [2.45, 2.75) is 13.3 Å². The van der Waals surface area contributed by atoms with E-state index in [1.54, 1.807) is 12.3 Å². The molecule has 5 nitrogen and oxygen atoms in total. The summed E-state index contributed by atoms with van der Waals surface area (Å²) in [7, 11) is 0. The molecule has 2 heterocycles. The second-order valence-corrected chi connectivity index (χ2v) is 4.39. The minimum absolute atomic E-state index is 0.528. The Hall–Kier alpha value is -2.00. The molecule has 17 heavy (non-hydrogen) atoms. The molecule has 0 saturated carbocycles. The minimum Gasteiger partial charge on any atom is -0.360 e. The van der Waals surface area contributed by atoms with Crippen LogP contribution in [0.15, 0.2) is 18.5 Å². The molecule has 0 fully saturated rings. The number of hydrogen-bond acceptors (Lipinski definition) is 6. The highest BCUT2D eigenvalue weighted by atomic mass is 32.1. The largest absolute Gasteiger partial charge is 0.360 e. The van der Waals surface area contributed by atoms with Gasteiger partial charge in [-0.05, 0) is 12.5 Å². The number of pyridine rings is 1. The summed E-state index contributed by atoms with van der Waals surface area (Å²) < 4.78 is 0. The molecule has 2 aromatic rings. The molecular formula is C11H11N5S. The predicted octanol–water partition coefficient (Wildman–Crippen LogP) is 2.29. The molecule has 0 aliphatic carbocycles. The molecule has 0 aliphatic rings. The molecular weight excluding hydrogens is 234 g/mol. The van der Waals surface area contributed by atoms with E-state index < -0.39 is 0 Å². The Balaban J connectivity index is 2.21. The molecule has 2 aromatic heterocycles. The van der Waals surface area contributed by atoms with E-state index in [0.29, 0.717) is 5.56 Å². The van der Waals surface area contributed by atoms with Crippen molar-refractivity contribution in [3.63, 3.8) is 0 Å². The lowest BCUT2D eigenvalue weighted by Gasteiger charge is -1.96. The Morgan fingerprint density at radius 2 is 2.29 bits per heavy atom. The van der Waals surface area contributed by atoms with E-state index in [1.165, 1.54) is 17.5 Å². The van der Waals surface area contributed by atoms with Crippen molar-refractivity contribution < 1.29 is 0 Å². The van der Waals surface area contributed by atoms with Gasteiger partial charge in [0.1, 0.15) is 6.07 Å². The standard InChI is InChI=1S/C11H11N5S/c1-2-3-14-11-16-15-10(17-11)9-4-8(5-12)6-13-7-9/h4,6-7H,2-3H2,1H3,(H,14,16). The van der Waals surface area contributed by atoms with Gasteiger partial charge in [-0.1, -0.05) is 18.3 Å². The van der Waals surface area contributed by atoms with Crippen molar-refractivity contribution in [2.24, 2.45) is 0 Å². The van der Waals surface area contributed by atoms with Crippen LogP contribution < -0.4 is 5.32 Å². The normalized spacial score (nSPS) is 9.88. The molecule has 6 heteroatoms. The van der Waals surface area contributed by atoms with Crippen molar-refractivity contribution in [3.8, 4) is 16.6 Å². The zero-order chi connectivity index (χ0) is 12.1. The van der Waals surface area contributed by atoms with Gasteiger partial charge in [0.25, 0.3) is 0 Å². The Morgan fingerprint density at radius 1 is 1.41 bits per heavy atom.